The summed E-state index contributed by atoms with van der Waals surface area (Å²) in [6.07, 6.45) is 9.42. The highest BCUT2D eigenvalue weighted by Gasteiger charge is 2.19. The van der Waals surface area contributed by atoms with Gasteiger partial charge >= 0.3 is 0 Å². The molecule has 0 atom stereocenters. The van der Waals surface area contributed by atoms with Crippen LogP contribution in [0.2, 0.25) is 0 Å². The van der Waals surface area contributed by atoms with Crippen molar-refractivity contribution in [1.82, 2.24) is 9.55 Å². The molecule has 0 unspecified atom stereocenters. The van der Waals surface area contributed by atoms with Gasteiger partial charge in [0, 0.05) is 18.5 Å². The number of benzene rings is 1. The van der Waals surface area contributed by atoms with Gasteiger partial charge < -0.3 is 10.3 Å². The lowest BCUT2D eigenvalue weighted by atomic mass is 9.86. The fourth-order valence-electron chi connectivity index (χ4n) is 3.71. The van der Waals surface area contributed by atoms with Crippen molar-refractivity contribution in [2.24, 2.45) is 11.7 Å². The maximum Gasteiger partial charge on any atom is 0.109 e. The van der Waals surface area contributed by atoms with E-state index in [2.05, 4.69) is 42.7 Å². The smallest absolute Gasteiger partial charge is 0.109 e. The average molecular weight is 299 g/mol. The molecule has 0 radical (unpaired) electrons. The Morgan fingerprint density at radius 2 is 1.91 bits per heavy atom. The van der Waals surface area contributed by atoms with Crippen molar-refractivity contribution in [3.8, 4) is 0 Å². The highest BCUT2D eigenvalue weighted by Crippen LogP contribution is 2.28. The third-order valence-electron chi connectivity index (χ3n) is 4.80. The number of nitrogens with two attached hydrogens (primary N) is 1. The lowest BCUT2D eigenvalue weighted by Crippen LogP contribution is -2.37. The second kappa shape index (κ2) is 6.41. The van der Waals surface area contributed by atoms with E-state index in [9.17, 15) is 0 Å². The third kappa shape index (κ3) is 3.70. The van der Waals surface area contributed by atoms with E-state index < -0.39 is 0 Å². The minimum absolute atomic E-state index is 0.219. The standard InChI is InChI=1S/C19H29N3/c1-19(2,20)14-22-17-11-7-6-10-16(17)21-18(22)13-12-15-8-4-3-5-9-15/h6-7,10-11,15H,3-5,8-9,12-14,20H2,1-2H3. The molecule has 2 N–H and O–H groups in total. The molecule has 1 heterocycles. The van der Waals surface area contributed by atoms with Crippen LogP contribution in [0.3, 0.4) is 0 Å². The Kier molecular flexibility index (Phi) is 4.53. The molecule has 0 spiro atoms. The second-order valence-corrected chi connectivity index (χ2v) is 7.63. The highest BCUT2D eigenvalue weighted by atomic mass is 15.1. The lowest BCUT2D eigenvalue weighted by molar-refractivity contribution is 0.334. The summed E-state index contributed by atoms with van der Waals surface area (Å²) in [6.45, 7) is 5.01. The Bertz CT molecular complexity index is 615. The van der Waals surface area contributed by atoms with E-state index in [1.54, 1.807) is 0 Å². The number of hydrogen-bond acceptors (Lipinski definition) is 2. The summed E-state index contributed by atoms with van der Waals surface area (Å²) in [7, 11) is 0. The molecule has 1 aliphatic rings. The summed E-state index contributed by atoms with van der Waals surface area (Å²) in [6, 6.07) is 8.44. The first kappa shape index (κ1) is 15.5. The number of hydrogen-bond donors (Lipinski definition) is 1. The molecule has 22 heavy (non-hydrogen) atoms. The van der Waals surface area contributed by atoms with Crippen LogP contribution >= 0.6 is 0 Å². The van der Waals surface area contributed by atoms with Crippen molar-refractivity contribution in [2.45, 2.75) is 70.9 Å². The number of rotatable bonds is 5. The SMILES string of the molecule is CC(C)(N)Cn1c(CCC2CCCCC2)nc2ccccc21. The van der Waals surface area contributed by atoms with E-state index in [4.69, 9.17) is 10.7 Å². The van der Waals surface area contributed by atoms with E-state index in [0.717, 1.165) is 24.4 Å². The largest absolute Gasteiger partial charge is 0.326 e. The third-order valence-corrected chi connectivity index (χ3v) is 4.80. The summed E-state index contributed by atoms with van der Waals surface area (Å²) in [5.41, 5.74) is 8.38. The number of imidazole rings is 1. The molecule has 3 nitrogen and oxygen atoms in total. The molecule has 1 aromatic carbocycles. The van der Waals surface area contributed by atoms with Crippen LogP contribution in [0.5, 0.6) is 0 Å². The molecule has 1 aromatic heterocycles. The van der Waals surface area contributed by atoms with Crippen LogP contribution in [0.15, 0.2) is 24.3 Å². The van der Waals surface area contributed by atoms with Crippen molar-refractivity contribution in [3.05, 3.63) is 30.1 Å². The van der Waals surface area contributed by atoms with Gasteiger partial charge in [-0.3, -0.25) is 0 Å². The Hall–Kier alpha value is -1.35. The molecule has 1 saturated carbocycles. The first-order chi connectivity index (χ1) is 10.5. The molecular formula is C19H29N3. The Morgan fingerprint density at radius 3 is 2.64 bits per heavy atom. The summed E-state index contributed by atoms with van der Waals surface area (Å²) < 4.78 is 2.35. The Balaban J connectivity index is 1.82. The molecule has 0 saturated heterocycles. The van der Waals surface area contributed by atoms with Gasteiger partial charge in [0.1, 0.15) is 5.82 Å². The number of nitrogens with zero attached hydrogens (tertiary/aromatic N) is 2. The lowest BCUT2D eigenvalue weighted by Gasteiger charge is -2.23. The molecule has 2 aromatic rings. The maximum atomic E-state index is 6.28. The van der Waals surface area contributed by atoms with E-state index in [1.807, 2.05) is 0 Å². The minimum atomic E-state index is -0.219. The molecular weight excluding hydrogens is 270 g/mol. The number of aryl methyl sites for hydroxylation is 1. The van der Waals surface area contributed by atoms with E-state index >= 15 is 0 Å². The number of aromatic nitrogens is 2. The molecule has 3 rings (SSSR count). The van der Waals surface area contributed by atoms with Crippen molar-refractivity contribution >= 4 is 11.0 Å². The van der Waals surface area contributed by atoms with E-state index in [1.165, 1.54) is 49.9 Å². The quantitative estimate of drug-likeness (QED) is 0.895. The maximum absolute atomic E-state index is 6.28. The average Bonchev–Trinajstić information content (AvgIpc) is 2.83. The number of fused-ring (bicyclic) bond motifs is 1. The first-order valence-corrected chi connectivity index (χ1v) is 8.76. The van der Waals surface area contributed by atoms with Gasteiger partial charge in [-0.1, -0.05) is 44.2 Å². The van der Waals surface area contributed by atoms with Crippen LogP contribution < -0.4 is 5.73 Å². The van der Waals surface area contributed by atoms with Gasteiger partial charge in [-0.15, -0.1) is 0 Å². The molecule has 0 amide bonds. The highest BCUT2D eigenvalue weighted by molar-refractivity contribution is 5.75. The first-order valence-electron chi connectivity index (χ1n) is 8.76. The second-order valence-electron chi connectivity index (χ2n) is 7.63. The Morgan fingerprint density at radius 1 is 1.18 bits per heavy atom. The predicted octanol–water partition coefficient (Wildman–Crippen LogP) is 4.29. The van der Waals surface area contributed by atoms with Gasteiger partial charge in [0.15, 0.2) is 0 Å². The molecule has 1 fully saturated rings. The van der Waals surface area contributed by atoms with Gasteiger partial charge in [-0.2, -0.15) is 0 Å². The predicted molar refractivity (Wildman–Crippen MR) is 92.9 cm³/mol. The summed E-state index contributed by atoms with van der Waals surface area (Å²) in [5, 5.41) is 0. The fourth-order valence-corrected chi connectivity index (χ4v) is 3.71. The van der Waals surface area contributed by atoms with Crippen LogP contribution in [0, 0.1) is 5.92 Å². The van der Waals surface area contributed by atoms with Gasteiger partial charge in [0.25, 0.3) is 0 Å². The monoisotopic (exact) mass is 299 g/mol. The summed E-state index contributed by atoms with van der Waals surface area (Å²) >= 11 is 0. The molecule has 120 valence electrons. The summed E-state index contributed by atoms with van der Waals surface area (Å²) in [5.74, 6) is 2.11. The van der Waals surface area contributed by atoms with Crippen molar-refractivity contribution < 1.29 is 0 Å². The van der Waals surface area contributed by atoms with Crippen molar-refractivity contribution in [1.29, 1.82) is 0 Å². The minimum Gasteiger partial charge on any atom is -0.326 e. The van der Waals surface area contributed by atoms with Crippen LogP contribution in [0.25, 0.3) is 11.0 Å². The van der Waals surface area contributed by atoms with Crippen molar-refractivity contribution in [2.75, 3.05) is 0 Å². The molecule has 0 bridgehead atoms. The molecule has 1 aliphatic carbocycles. The summed E-state index contributed by atoms with van der Waals surface area (Å²) in [4.78, 5) is 4.89. The normalized spacial score (nSPS) is 17.2. The zero-order valence-corrected chi connectivity index (χ0v) is 14.0. The van der Waals surface area contributed by atoms with Gasteiger partial charge in [0.05, 0.1) is 11.0 Å². The number of para-hydroxylation sites is 2. The van der Waals surface area contributed by atoms with Gasteiger partial charge in [0.2, 0.25) is 0 Å². The van der Waals surface area contributed by atoms with Gasteiger partial charge in [-0.05, 0) is 38.3 Å². The van der Waals surface area contributed by atoms with E-state index in [-0.39, 0.29) is 5.54 Å². The fraction of sp³-hybridized carbons (Fsp3) is 0.632. The zero-order valence-electron chi connectivity index (χ0n) is 14.0. The Labute approximate surface area is 133 Å². The van der Waals surface area contributed by atoms with Crippen LogP contribution in [-0.4, -0.2) is 15.1 Å². The molecule has 0 aliphatic heterocycles. The topological polar surface area (TPSA) is 43.8 Å². The van der Waals surface area contributed by atoms with E-state index in [0.29, 0.717) is 0 Å². The molecule has 3 heteroatoms. The van der Waals surface area contributed by atoms with Crippen LogP contribution in [0.1, 0.15) is 58.2 Å². The van der Waals surface area contributed by atoms with Crippen molar-refractivity contribution in [3.63, 3.8) is 0 Å². The van der Waals surface area contributed by atoms with Crippen LogP contribution in [0.4, 0.5) is 0 Å². The van der Waals surface area contributed by atoms with Gasteiger partial charge in [-0.25, -0.2) is 4.98 Å². The van der Waals surface area contributed by atoms with Crippen LogP contribution in [-0.2, 0) is 13.0 Å². The zero-order chi connectivity index (χ0) is 15.6.